The number of hydrogen-bond acceptors (Lipinski definition) is 8. The van der Waals surface area contributed by atoms with E-state index in [0.717, 1.165) is 48.5 Å². The molecule has 0 aliphatic carbocycles. The Hall–Kier alpha value is -4.24. The number of ether oxygens (including phenoxy) is 1. The first-order valence-electron chi connectivity index (χ1n) is 13.3. The highest BCUT2D eigenvalue weighted by Crippen LogP contribution is 2.40. The Morgan fingerprint density at radius 2 is 1.79 bits per heavy atom. The van der Waals surface area contributed by atoms with Crippen LogP contribution in [0.3, 0.4) is 0 Å². The van der Waals surface area contributed by atoms with Crippen LogP contribution in [-0.2, 0) is 5.54 Å². The van der Waals surface area contributed by atoms with Gasteiger partial charge in [0.2, 0.25) is 11.8 Å². The smallest absolute Gasteiger partial charge is 0.251 e. The van der Waals surface area contributed by atoms with E-state index in [0.29, 0.717) is 23.8 Å². The number of para-hydroxylation sites is 1. The van der Waals surface area contributed by atoms with E-state index < -0.39 is 5.54 Å². The van der Waals surface area contributed by atoms with Gasteiger partial charge in [0.15, 0.2) is 0 Å². The summed E-state index contributed by atoms with van der Waals surface area (Å²) >= 11 is 0. The molecule has 0 saturated carbocycles. The highest BCUT2D eigenvalue weighted by atomic mass is 16.5. The van der Waals surface area contributed by atoms with Crippen LogP contribution < -0.4 is 20.7 Å². The molecule has 2 aromatic carbocycles. The summed E-state index contributed by atoms with van der Waals surface area (Å²) in [6, 6.07) is 19.0. The third-order valence-corrected chi connectivity index (χ3v) is 7.41. The monoisotopic (exact) mass is 524 g/mol. The Labute approximate surface area is 227 Å². The minimum absolute atomic E-state index is 0.131. The first-order chi connectivity index (χ1) is 18.9. The maximum atomic E-state index is 13.5. The number of fused-ring (bicyclic) bond motifs is 1. The summed E-state index contributed by atoms with van der Waals surface area (Å²) in [6.45, 7) is 5.70. The van der Waals surface area contributed by atoms with Gasteiger partial charge in [0.25, 0.3) is 5.91 Å². The van der Waals surface area contributed by atoms with Crippen LogP contribution in [0.5, 0.6) is 5.75 Å². The summed E-state index contributed by atoms with van der Waals surface area (Å²) in [5.74, 6) is 1.67. The summed E-state index contributed by atoms with van der Waals surface area (Å²) in [6.07, 6.45) is 5.61. The number of anilines is 1. The molecule has 0 spiro atoms. The van der Waals surface area contributed by atoms with Crippen molar-refractivity contribution >= 4 is 11.6 Å². The van der Waals surface area contributed by atoms with Gasteiger partial charge in [0.05, 0.1) is 6.04 Å². The third kappa shape index (κ3) is 5.22. The number of piperidine rings is 1. The van der Waals surface area contributed by atoms with Crippen molar-refractivity contribution in [3.8, 4) is 17.2 Å². The van der Waals surface area contributed by atoms with Gasteiger partial charge in [-0.3, -0.25) is 9.78 Å². The van der Waals surface area contributed by atoms with Crippen molar-refractivity contribution in [2.24, 2.45) is 0 Å². The van der Waals surface area contributed by atoms with Crippen LogP contribution >= 0.6 is 0 Å². The molecule has 3 N–H and O–H groups in total. The average Bonchev–Trinajstić information content (AvgIpc) is 3.45. The molecule has 1 amide bonds. The predicted molar refractivity (Wildman–Crippen MR) is 147 cm³/mol. The lowest BCUT2D eigenvalue weighted by molar-refractivity contribution is 0.0619. The van der Waals surface area contributed by atoms with Crippen LogP contribution in [0.4, 0.5) is 5.69 Å². The maximum Gasteiger partial charge on any atom is 0.251 e. The minimum Gasteiger partial charge on any atom is -0.487 e. The van der Waals surface area contributed by atoms with E-state index in [2.05, 4.69) is 31.1 Å². The van der Waals surface area contributed by atoms with Crippen molar-refractivity contribution in [1.82, 2.24) is 25.8 Å². The van der Waals surface area contributed by atoms with Crippen molar-refractivity contribution in [3.63, 3.8) is 0 Å². The van der Waals surface area contributed by atoms with Crippen molar-refractivity contribution in [3.05, 3.63) is 90.1 Å². The van der Waals surface area contributed by atoms with Gasteiger partial charge in [-0.05, 0) is 76.2 Å². The Morgan fingerprint density at radius 1 is 1.00 bits per heavy atom. The number of rotatable bonds is 6. The van der Waals surface area contributed by atoms with E-state index in [-0.39, 0.29) is 17.6 Å². The predicted octanol–water partition coefficient (Wildman–Crippen LogP) is 4.85. The fourth-order valence-electron chi connectivity index (χ4n) is 5.46. The van der Waals surface area contributed by atoms with Crippen molar-refractivity contribution < 1.29 is 13.9 Å². The Kier molecular flexibility index (Phi) is 6.52. The van der Waals surface area contributed by atoms with Gasteiger partial charge in [0, 0.05) is 41.2 Å². The van der Waals surface area contributed by atoms with E-state index in [1.807, 2.05) is 74.5 Å². The van der Waals surface area contributed by atoms with E-state index in [1.54, 1.807) is 12.4 Å². The molecule has 6 rings (SSSR count). The number of benzene rings is 2. The molecule has 1 fully saturated rings. The highest BCUT2D eigenvalue weighted by molar-refractivity contribution is 5.95. The van der Waals surface area contributed by atoms with Crippen LogP contribution in [-0.4, -0.2) is 39.8 Å². The van der Waals surface area contributed by atoms with Gasteiger partial charge in [-0.2, -0.15) is 0 Å². The van der Waals surface area contributed by atoms with Gasteiger partial charge in [-0.1, -0.05) is 24.3 Å². The normalized spacial score (nSPS) is 19.4. The quantitative estimate of drug-likeness (QED) is 0.328. The fraction of sp³-hybridized carbons (Fsp3) is 0.333. The SMILES string of the molecule is CC1(C)C[C@H](NC(=O)c2cccc(NC3(c4nnc(-c5ccncc5)o4)CCNCC3)c2)c2ccccc2O1. The first kappa shape index (κ1) is 25.1. The second-order valence-electron chi connectivity index (χ2n) is 10.8. The van der Waals surface area contributed by atoms with Crippen molar-refractivity contribution in [2.45, 2.75) is 50.3 Å². The van der Waals surface area contributed by atoms with Gasteiger partial charge in [-0.15, -0.1) is 10.2 Å². The van der Waals surface area contributed by atoms with Crippen LogP contribution in [0, 0.1) is 0 Å². The van der Waals surface area contributed by atoms with Crippen LogP contribution in [0.2, 0.25) is 0 Å². The lowest BCUT2D eigenvalue weighted by atomic mass is 9.87. The summed E-state index contributed by atoms with van der Waals surface area (Å²) in [7, 11) is 0. The topological polar surface area (TPSA) is 114 Å². The molecular weight excluding hydrogens is 492 g/mol. The molecule has 9 heteroatoms. The second kappa shape index (κ2) is 10.1. The molecule has 39 heavy (non-hydrogen) atoms. The summed E-state index contributed by atoms with van der Waals surface area (Å²) in [5, 5.41) is 19.0. The number of aromatic nitrogens is 3. The van der Waals surface area contributed by atoms with Crippen LogP contribution in [0.15, 0.2) is 77.5 Å². The number of pyridine rings is 1. The lowest BCUT2D eigenvalue weighted by Crippen LogP contribution is -2.45. The summed E-state index contributed by atoms with van der Waals surface area (Å²) in [5.41, 5.74) is 2.28. The number of hydrogen-bond donors (Lipinski definition) is 3. The summed E-state index contributed by atoms with van der Waals surface area (Å²) < 4.78 is 12.3. The fourth-order valence-corrected chi connectivity index (χ4v) is 5.46. The lowest BCUT2D eigenvalue weighted by Gasteiger charge is -2.38. The number of nitrogens with one attached hydrogen (secondary N) is 3. The van der Waals surface area contributed by atoms with Gasteiger partial charge in [-0.25, -0.2) is 0 Å². The number of amides is 1. The zero-order valence-electron chi connectivity index (χ0n) is 22.1. The number of nitrogens with zero attached hydrogens (tertiary/aromatic N) is 3. The van der Waals surface area contributed by atoms with Gasteiger partial charge < -0.3 is 25.1 Å². The molecule has 0 radical (unpaired) electrons. The average molecular weight is 525 g/mol. The molecule has 0 bridgehead atoms. The molecule has 1 saturated heterocycles. The molecule has 1 atom stereocenters. The van der Waals surface area contributed by atoms with Crippen LogP contribution in [0.25, 0.3) is 11.5 Å². The second-order valence-corrected chi connectivity index (χ2v) is 10.8. The standard InChI is InChI=1S/C30H32N6O3/c1-29(2)19-24(23-8-3-4-9-25(23)39-29)33-26(37)21-6-5-7-22(18-21)34-30(12-16-32-17-13-30)28-36-35-27(38-28)20-10-14-31-15-11-20/h3-11,14-15,18,24,32,34H,12-13,16-17,19H2,1-2H3,(H,33,37)/t24-/m0/s1. The van der Waals surface area contributed by atoms with Crippen LogP contribution in [0.1, 0.15) is 61.0 Å². The molecule has 0 unspecified atom stereocenters. The number of carbonyl (C=O) groups is 1. The summed E-state index contributed by atoms with van der Waals surface area (Å²) in [4.78, 5) is 17.5. The minimum atomic E-state index is -0.553. The molecule has 4 aromatic rings. The largest absolute Gasteiger partial charge is 0.487 e. The van der Waals surface area contributed by atoms with E-state index in [9.17, 15) is 4.79 Å². The Balaban J connectivity index is 1.24. The Morgan fingerprint density at radius 3 is 2.62 bits per heavy atom. The van der Waals surface area contributed by atoms with E-state index in [4.69, 9.17) is 9.15 Å². The number of carbonyl (C=O) groups excluding carboxylic acids is 1. The third-order valence-electron chi connectivity index (χ3n) is 7.41. The highest BCUT2D eigenvalue weighted by Gasteiger charge is 2.40. The zero-order valence-corrected chi connectivity index (χ0v) is 22.1. The van der Waals surface area contributed by atoms with E-state index in [1.165, 1.54) is 0 Å². The van der Waals surface area contributed by atoms with Gasteiger partial charge >= 0.3 is 0 Å². The zero-order chi connectivity index (χ0) is 26.9. The van der Waals surface area contributed by atoms with E-state index >= 15 is 0 Å². The molecule has 9 nitrogen and oxygen atoms in total. The maximum absolute atomic E-state index is 13.5. The first-order valence-corrected chi connectivity index (χ1v) is 13.3. The van der Waals surface area contributed by atoms with Gasteiger partial charge in [0.1, 0.15) is 16.9 Å². The molecule has 4 heterocycles. The molecule has 2 aromatic heterocycles. The van der Waals surface area contributed by atoms with Crippen molar-refractivity contribution in [2.75, 3.05) is 18.4 Å². The molecule has 200 valence electrons. The molecular formula is C30H32N6O3. The van der Waals surface area contributed by atoms with Crippen molar-refractivity contribution in [1.29, 1.82) is 0 Å². The molecule has 2 aliphatic heterocycles. The Bertz CT molecular complexity index is 1460. The molecule has 2 aliphatic rings.